The van der Waals surface area contributed by atoms with Crippen LogP contribution in [0.2, 0.25) is 5.02 Å². The molecule has 4 nitrogen and oxygen atoms in total. The van der Waals surface area contributed by atoms with Gasteiger partial charge in [0.05, 0.1) is 32.0 Å². The number of hydrogen-bond donors (Lipinski definition) is 1. The van der Waals surface area contributed by atoms with E-state index in [1.54, 1.807) is 0 Å². The SMILES string of the molecule is CC[C@H]1OC(c2cc(CO)c(Cl)cc2C)[C@H](OCc2ccccc2)[C@@H](OCc2ccccc2)[C@@H]1C. The van der Waals surface area contributed by atoms with E-state index in [1.165, 1.54) is 0 Å². The van der Waals surface area contributed by atoms with Crippen molar-refractivity contribution in [1.82, 2.24) is 0 Å². The lowest BCUT2D eigenvalue weighted by Crippen LogP contribution is -2.51. The topological polar surface area (TPSA) is 47.9 Å². The standard InChI is InChI=1S/C30H35ClO4/c1-4-27-21(3)28(33-18-22-11-7-5-8-12-22)30(34-19-23-13-9-6-10-14-23)29(35-27)25-16-24(17-32)26(31)15-20(25)2/h5-16,21,27-30,32H,4,17-19H2,1-3H3/t21-,27-,28+,29?,30-/m1/s1. The second-order valence-corrected chi connectivity index (χ2v) is 9.75. The fourth-order valence-electron chi connectivity index (χ4n) is 4.92. The van der Waals surface area contributed by atoms with Crippen molar-refractivity contribution in [3.05, 3.63) is 106 Å². The molecule has 5 heteroatoms. The van der Waals surface area contributed by atoms with Crippen molar-refractivity contribution < 1.29 is 19.3 Å². The first-order chi connectivity index (χ1) is 17.0. The van der Waals surface area contributed by atoms with E-state index < -0.39 is 0 Å². The third-order valence-corrected chi connectivity index (χ3v) is 7.28. The Labute approximate surface area is 213 Å². The molecule has 0 radical (unpaired) electrons. The molecule has 3 aromatic rings. The van der Waals surface area contributed by atoms with Gasteiger partial charge in [-0.25, -0.2) is 0 Å². The van der Waals surface area contributed by atoms with Gasteiger partial charge >= 0.3 is 0 Å². The quantitative estimate of drug-likeness (QED) is 0.355. The molecule has 1 unspecified atom stereocenters. The molecule has 0 amide bonds. The Morgan fingerprint density at radius 1 is 0.886 bits per heavy atom. The predicted molar refractivity (Wildman–Crippen MR) is 139 cm³/mol. The van der Waals surface area contributed by atoms with Crippen LogP contribution in [0.25, 0.3) is 0 Å². The summed E-state index contributed by atoms with van der Waals surface area (Å²) in [6, 6.07) is 24.2. The van der Waals surface area contributed by atoms with Crippen LogP contribution in [0.4, 0.5) is 0 Å². The monoisotopic (exact) mass is 494 g/mol. The average molecular weight is 495 g/mol. The lowest BCUT2D eigenvalue weighted by atomic mass is 9.83. The Kier molecular flexibility index (Phi) is 8.99. The van der Waals surface area contributed by atoms with Gasteiger partial charge < -0.3 is 19.3 Å². The summed E-state index contributed by atoms with van der Waals surface area (Å²) in [5.74, 6) is 0.144. The molecule has 1 N–H and O–H groups in total. The van der Waals surface area contributed by atoms with E-state index >= 15 is 0 Å². The highest BCUT2D eigenvalue weighted by Crippen LogP contribution is 2.42. The number of aryl methyl sites for hydroxylation is 1. The number of hydrogen-bond acceptors (Lipinski definition) is 4. The van der Waals surface area contributed by atoms with Crippen LogP contribution < -0.4 is 0 Å². The molecule has 0 aromatic heterocycles. The van der Waals surface area contributed by atoms with E-state index in [0.29, 0.717) is 23.8 Å². The van der Waals surface area contributed by atoms with E-state index in [0.717, 1.165) is 28.7 Å². The van der Waals surface area contributed by atoms with Gasteiger partial charge in [-0.1, -0.05) is 86.1 Å². The van der Waals surface area contributed by atoms with Crippen LogP contribution in [0.1, 0.15) is 54.2 Å². The molecule has 35 heavy (non-hydrogen) atoms. The highest BCUT2D eigenvalue weighted by Gasteiger charge is 2.45. The van der Waals surface area contributed by atoms with E-state index in [4.69, 9.17) is 25.8 Å². The molecule has 1 saturated heterocycles. The average Bonchev–Trinajstić information content (AvgIpc) is 2.88. The van der Waals surface area contributed by atoms with Crippen molar-refractivity contribution in [3.63, 3.8) is 0 Å². The maximum atomic E-state index is 9.87. The largest absolute Gasteiger partial charge is 0.392 e. The third-order valence-electron chi connectivity index (χ3n) is 6.93. The molecule has 1 heterocycles. The van der Waals surface area contributed by atoms with Crippen LogP contribution in [-0.4, -0.2) is 23.4 Å². The smallest absolute Gasteiger partial charge is 0.115 e. The fraction of sp³-hybridized carbons (Fsp3) is 0.400. The highest BCUT2D eigenvalue weighted by molar-refractivity contribution is 6.31. The van der Waals surface area contributed by atoms with Gasteiger partial charge in [-0.15, -0.1) is 0 Å². The number of aliphatic hydroxyl groups is 1. The van der Waals surface area contributed by atoms with Crippen LogP contribution in [0.15, 0.2) is 72.8 Å². The molecule has 0 aliphatic carbocycles. The number of benzene rings is 3. The van der Waals surface area contributed by atoms with Crippen LogP contribution >= 0.6 is 11.6 Å². The molecule has 1 aliphatic heterocycles. The first kappa shape index (κ1) is 25.9. The molecule has 0 saturated carbocycles. The van der Waals surface area contributed by atoms with Gasteiger partial charge in [-0.05, 0) is 53.3 Å². The summed E-state index contributed by atoms with van der Waals surface area (Å²) in [4.78, 5) is 0. The second-order valence-electron chi connectivity index (χ2n) is 9.34. The molecular formula is C30H35ClO4. The Bertz CT molecular complexity index is 1070. The number of halogens is 1. The minimum atomic E-state index is -0.344. The van der Waals surface area contributed by atoms with Gasteiger partial charge in [0.2, 0.25) is 0 Å². The Morgan fingerprint density at radius 3 is 2.00 bits per heavy atom. The van der Waals surface area contributed by atoms with Gasteiger partial charge in [0.15, 0.2) is 0 Å². The molecule has 5 atom stereocenters. The molecule has 4 rings (SSSR count). The van der Waals surface area contributed by atoms with Gasteiger partial charge in [-0.3, -0.25) is 0 Å². The third kappa shape index (κ3) is 6.14. The minimum absolute atomic E-state index is 0.0185. The van der Waals surface area contributed by atoms with E-state index in [2.05, 4.69) is 38.1 Å². The predicted octanol–water partition coefficient (Wildman–Crippen LogP) is 6.80. The highest BCUT2D eigenvalue weighted by atomic mass is 35.5. The second kappa shape index (κ2) is 12.2. The molecule has 1 fully saturated rings. The first-order valence-electron chi connectivity index (χ1n) is 12.4. The summed E-state index contributed by atoms with van der Waals surface area (Å²) < 4.78 is 19.9. The van der Waals surface area contributed by atoms with Crippen molar-refractivity contribution >= 4 is 11.6 Å². The summed E-state index contributed by atoms with van der Waals surface area (Å²) >= 11 is 6.39. The molecule has 0 spiro atoms. The number of ether oxygens (including phenoxy) is 3. The Balaban J connectivity index is 1.69. The van der Waals surface area contributed by atoms with E-state index in [1.807, 2.05) is 55.5 Å². The van der Waals surface area contributed by atoms with Crippen LogP contribution in [-0.2, 0) is 34.0 Å². The zero-order valence-corrected chi connectivity index (χ0v) is 21.4. The van der Waals surface area contributed by atoms with Gasteiger partial charge in [0, 0.05) is 10.9 Å². The maximum absolute atomic E-state index is 9.87. The summed E-state index contributed by atoms with van der Waals surface area (Å²) in [6.45, 7) is 7.19. The van der Waals surface area contributed by atoms with Crippen LogP contribution in [0.3, 0.4) is 0 Å². The lowest BCUT2D eigenvalue weighted by molar-refractivity contribution is -0.235. The lowest BCUT2D eigenvalue weighted by Gasteiger charge is -2.46. The Hall–Kier alpha value is -2.21. The van der Waals surface area contributed by atoms with Crippen molar-refractivity contribution in [2.45, 2.75) is 71.4 Å². The zero-order valence-electron chi connectivity index (χ0n) is 20.7. The first-order valence-corrected chi connectivity index (χ1v) is 12.8. The Morgan fingerprint density at radius 2 is 1.46 bits per heavy atom. The summed E-state index contributed by atoms with van der Waals surface area (Å²) in [5, 5.41) is 10.4. The molecule has 3 aromatic carbocycles. The van der Waals surface area contributed by atoms with Crippen molar-refractivity contribution in [1.29, 1.82) is 0 Å². The van der Waals surface area contributed by atoms with E-state index in [9.17, 15) is 5.11 Å². The van der Waals surface area contributed by atoms with Crippen LogP contribution in [0.5, 0.6) is 0 Å². The van der Waals surface area contributed by atoms with Crippen molar-refractivity contribution in [3.8, 4) is 0 Å². The van der Waals surface area contributed by atoms with Gasteiger partial charge in [-0.2, -0.15) is 0 Å². The van der Waals surface area contributed by atoms with E-state index in [-0.39, 0.29) is 36.9 Å². The molecule has 1 aliphatic rings. The molecular weight excluding hydrogens is 460 g/mol. The van der Waals surface area contributed by atoms with Crippen LogP contribution in [0, 0.1) is 12.8 Å². The van der Waals surface area contributed by atoms with Gasteiger partial charge in [0.25, 0.3) is 0 Å². The van der Waals surface area contributed by atoms with Crippen molar-refractivity contribution in [2.75, 3.05) is 0 Å². The summed E-state index contributed by atoms with van der Waals surface area (Å²) in [5.41, 5.74) is 4.91. The maximum Gasteiger partial charge on any atom is 0.115 e. The zero-order chi connectivity index (χ0) is 24.8. The molecule has 0 bridgehead atoms. The van der Waals surface area contributed by atoms with Gasteiger partial charge in [0.1, 0.15) is 12.2 Å². The summed E-state index contributed by atoms with van der Waals surface area (Å²) in [7, 11) is 0. The minimum Gasteiger partial charge on any atom is -0.392 e. The summed E-state index contributed by atoms with van der Waals surface area (Å²) in [6.07, 6.45) is 0.0416. The number of aliphatic hydroxyl groups excluding tert-OH is 1. The fourth-order valence-corrected chi connectivity index (χ4v) is 5.20. The number of rotatable bonds is 9. The normalized spacial score (nSPS) is 24.4. The van der Waals surface area contributed by atoms with Crippen molar-refractivity contribution in [2.24, 2.45) is 5.92 Å². The molecule has 186 valence electrons.